The minimum atomic E-state index is -1.27. The first-order chi connectivity index (χ1) is 14.8. The molecule has 0 atom stereocenters. The van der Waals surface area contributed by atoms with Crippen molar-refractivity contribution in [3.05, 3.63) is 83.9 Å². The van der Waals surface area contributed by atoms with Gasteiger partial charge in [0.2, 0.25) is 0 Å². The van der Waals surface area contributed by atoms with Gasteiger partial charge in [0.25, 0.3) is 0 Å². The molecule has 0 radical (unpaired) electrons. The Morgan fingerprint density at radius 1 is 0.839 bits per heavy atom. The van der Waals surface area contributed by atoms with Crippen LogP contribution in [0.4, 0.5) is 11.4 Å². The van der Waals surface area contributed by atoms with Crippen LogP contribution in [0.3, 0.4) is 0 Å². The summed E-state index contributed by atoms with van der Waals surface area (Å²) in [6.07, 6.45) is 0.720. The van der Waals surface area contributed by atoms with Crippen LogP contribution in [0.5, 0.6) is 11.5 Å². The maximum absolute atomic E-state index is 11.1. The lowest BCUT2D eigenvalue weighted by molar-refractivity contribution is -0.152. The molecule has 0 aromatic heterocycles. The molecule has 0 spiro atoms. The highest BCUT2D eigenvalue weighted by molar-refractivity contribution is 5.76. The number of aliphatic carboxylic acids is 1. The molecular weight excluding hydrogens is 392 g/mol. The van der Waals surface area contributed by atoms with E-state index in [2.05, 4.69) is 10.2 Å². The van der Waals surface area contributed by atoms with Crippen LogP contribution in [0.2, 0.25) is 0 Å². The van der Waals surface area contributed by atoms with Gasteiger partial charge in [-0.25, -0.2) is 4.79 Å². The first kappa shape index (κ1) is 22.0. The van der Waals surface area contributed by atoms with E-state index in [9.17, 15) is 4.79 Å². The number of carboxylic acid groups (broad SMARTS) is 1. The van der Waals surface area contributed by atoms with Crippen LogP contribution >= 0.6 is 0 Å². The number of hydrogen-bond donors (Lipinski definition) is 1. The Labute approximate surface area is 182 Å². The normalized spacial score (nSPS) is 11.5. The molecule has 0 unspecified atom stereocenters. The highest BCUT2D eigenvalue weighted by Gasteiger charge is 2.29. The highest BCUT2D eigenvalue weighted by atomic mass is 16.5. The molecule has 0 aliphatic rings. The Morgan fingerprint density at radius 3 is 1.90 bits per heavy atom. The predicted molar refractivity (Wildman–Crippen MR) is 120 cm³/mol. The van der Waals surface area contributed by atoms with Crippen molar-refractivity contribution in [2.45, 2.75) is 32.8 Å². The number of benzene rings is 3. The summed E-state index contributed by atoms with van der Waals surface area (Å²) in [6.45, 7) is 5.59. The fraction of sp³-hybridized carbons (Fsp3) is 0.240. The van der Waals surface area contributed by atoms with Crippen molar-refractivity contribution in [3.63, 3.8) is 0 Å². The van der Waals surface area contributed by atoms with E-state index in [1.807, 2.05) is 67.6 Å². The topological polar surface area (TPSA) is 80.5 Å². The van der Waals surface area contributed by atoms with E-state index >= 15 is 0 Å². The molecule has 0 heterocycles. The zero-order valence-electron chi connectivity index (χ0n) is 17.9. The van der Waals surface area contributed by atoms with Crippen LogP contribution in [0.1, 0.15) is 25.0 Å². The van der Waals surface area contributed by atoms with Gasteiger partial charge in [0.1, 0.15) is 11.5 Å². The van der Waals surface area contributed by atoms with Crippen molar-refractivity contribution in [3.8, 4) is 11.5 Å². The molecule has 0 saturated carbocycles. The number of carbonyl (C=O) groups is 1. The molecule has 0 aliphatic heterocycles. The molecule has 160 valence electrons. The molecule has 1 N–H and O–H groups in total. The van der Waals surface area contributed by atoms with Gasteiger partial charge in [-0.2, -0.15) is 10.2 Å². The van der Waals surface area contributed by atoms with Gasteiger partial charge in [-0.1, -0.05) is 29.8 Å². The number of ether oxygens (including phenoxy) is 2. The minimum absolute atomic E-state index is 0.519. The van der Waals surface area contributed by atoms with Crippen molar-refractivity contribution >= 4 is 17.3 Å². The van der Waals surface area contributed by atoms with Crippen molar-refractivity contribution in [2.75, 3.05) is 6.61 Å². The number of hydrogen-bond acceptors (Lipinski definition) is 5. The summed E-state index contributed by atoms with van der Waals surface area (Å²) in [5, 5.41) is 17.6. The quantitative estimate of drug-likeness (QED) is 0.415. The van der Waals surface area contributed by atoms with E-state index < -0.39 is 11.6 Å². The van der Waals surface area contributed by atoms with Crippen molar-refractivity contribution in [2.24, 2.45) is 10.2 Å². The monoisotopic (exact) mass is 418 g/mol. The molecule has 0 saturated heterocycles. The SMILES string of the molecule is Cc1ccc(N=Nc2ccc(OCCc3ccc(OC(C)(C)C(=O)O)cc3)cc2)cc1. The average Bonchev–Trinajstić information content (AvgIpc) is 2.75. The number of carboxylic acids is 1. The number of nitrogens with zero attached hydrogens (tertiary/aromatic N) is 2. The summed E-state index contributed by atoms with van der Waals surface area (Å²) < 4.78 is 11.3. The zero-order valence-corrected chi connectivity index (χ0v) is 17.9. The second kappa shape index (κ2) is 9.89. The Kier molecular flexibility index (Phi) is 7.03. The Balaban J connectivity index is 1.47. The van der Waals surface area contributed by atoms with Gasteiger partial charge >= 0.3 is 5.97 Å². The van der Waals surface area contributed by atoms with Crippen molar-refractivity contribution in [1.29, 1.82) is 0 Å². The third-order valence-corrected chi connectivity index (χ3v) is 4.62. The summed E-state index contributed by atoms with van der Waals surface area (Å²) >= 11 is 0. The largest absolute Gasteiger partial charge is 0.493 e. The molecule has 6 nitrogen and oxygen atoms in total. The summed E-state index contributed by atoms with van der Waals surface area (Å²) in [4.78, 5) is 11.1. The second-order valence-corrected chi connectivity index (χ2v) is 7.69. The maximum Gasteiger partial charge on any atom is 0.347 e. The second-order valence-electron chi connectivity index (χ2n) is 7.69. The first-order valence-corrected chi connectivity index (χ1v) is 10.0. The van der Waals surface area contributed by atoms with E-state index in [-0.39, 0.29) is 0 Å². The minimum Gasteiger partial charge on any atom is -0.493 e. The molecule has 3 aromatic rings. The number of rotatable bonds is 9. The molecule has 6 heteroatoms. The van der Waals surface area contributed by atoms with Crippen LogP contribution in [-0.4, -0.2) is 23.3 Å². The lowest BCUT2D eigenvalue weighted by Gasteiger charge is -2.21. The fourth-order valence-electron chi connectivity index (χ4n) is 2.69. The third kappa shape index (κ3) is 6.67. The zero-order chi connectivity index (χ0) is 22.3. The van der Waals surface area contributed by atoms with E-state index in [1.54, 1.807) is 12.1 Å². The Hall–Kier alpha value is -3.67. The Bertz CT molecular complexity index is 1020. The first-order valence-electron chi connectivity index (χ1n) is 10.0. The highest BCUT2D eigenvalue weighted by Crippen LogP contribution is 2.22. The fourth-order valence-corrected chi connectivity index (χ4v) is 2.69. The van der Waals surface area contributed by atoms with Crippen molar-refractivity contribution < 1.29 is 19.4 Å². The van der Waals surface area contributed by atoms with Gasteiger partial charge in [-0.05, 0) is 74.9 Å². The molecule has 0 fully saturated rings. The standard InChI is InChI=1S/C25H26N2O4/c1-18-4-8-20(9-5-18)26-27-21-10-14-22(15-11-21)30-17-16-19-6-12-23(13-7-19)31-25(2,3)24(28)29/h4-15H,16-17H2,1-3H3,(H,28,29). The predicted octanol–water partition coefficient (Wildman–Crippen LogP) is 6.27. The summed E-state index contributed by atoms with van der Waals surface area (Å²) in [5.74, 6) is 0.275. The molecular formula is C25H26N2O4. The van der Waals surface area contributed by atoms with Crippen LogP contribution < -0.4 is 9.47 Å². The molecule has 0 bridgehead atoms. The molecule has 0 aliphatic carbocycles. The third-order valence-electron chi connectivity index (χ3n) is 4.62. The van der Waals surface area contributed by atoms with Crippen LogP contribution in [0.15, 0.2) is 83.0 Å². The summed E-state index contributed by atoms with van der Waals surface area (Å²) in [7, 11) is 0. The number of aryl methyl sites for hydroxylation is 1. The summed E-state index contributed by atoms with van der Waals surface area (Å²) in [6, 6.07) is 22.7. The molecule has 3 rings (SSSR count). The van der Waals surface area contributed by atoms with Crippen LogP contribution in [-0.2, 0) is 11.2 Å². The molecule has 3 aromatic carbocycles. The van der Waals surface area contributed by atoms with Gasteiger partial charge < -0.3 is 14.6 Å². The Morgan fingerprint density at radius 2 is 1.35 bits per heavy atom. The average molecular weight is 418 g/mol. The molecule has 31 heavy (non-hydrogen) atoms. The van der Waals surface area contributed by atoms with Gasteiger partial charge in [-0.15, -0.1) is 0 Å². The van der Waals surface area contributed by atoms with E-state index in [0.29, 0.717) is 12.4 Å². The smallest absolute Gasteiger partial charge is 0.347 e. The summed E-state index contributed by atoms with van der Waals surface area (Å²) in [5.41, 5.74) is 2.56. The van der Waals surface area contributed by atoms with Gasteiger partial charge in [-0.3, -0.25) is 0 Å². The lowest BCUT2D eigenvalue weighted by atomic mass is 10.1. The van der Waals surface area contributed by atoms with Crippen LogP contribution in [0.25, 0.3) is 0 Å². The van der Waals surface area contributed by atoms with Gasteiger partial charge in [0.05, 0.1) is 18.0 Å². The van der Waals surface area contributed by atoms with Crippen molar-refractivity contribution in [1.82, 2.24) is 0 Å². The van der Waals surface area contributed by atoms with E-state index in [4.69, 9.17) is 14.6 Å². The van der Waals surface area contributed by atoms with Gasteiger partial charge in [0.15, 0.2) is 5.60 Å². The van der Waals surface area contributed by atoms with E-state index in [1.165, 1.54) is 19.4 Å². The maximum atomic E-state index is 11.1. The lowest BCUT2D eigenvalue weighted by Crippen LogP contribution is -2.37. The van der Waals surface area contributed by atoms with Gasteiger partial charge in [0, 0.05) is 6.42 Å². The molecule has 0 amide bonds. The van der Waals surface area contributed by atoms with Crippen LogP contribution in [0, 0.1) is 6.92 Å². The van der Waals surface area contributed by atoms with E-state index in [0.717, 1.165) is 29.1 Å². The number of azo groups is 1.